The summed E-state index contributed by atoms with van der Waals surface area (Å²) in [7, 11) is 0. The number of halogens is 1. The third kappa shape index (κ3) is 2.73. The largest absolute Gasteiger partial charge is 0.457 e. The molecule has 94 valence electrons. The lowest BCUT2D eigenvalue weighted by molar-refractivity contribution is -0.152. The van der Waals surface area contributed by atoms with Crippen LogP contribution in [0.3, 0.4) is 0 Å². The highest BCUT2D eigenvalue weighted by molar-refractivity contribution is 5.66. The smallest absolute Gasteiger partial charge is 0.303 e. The first-order chi connectivity index (χ1) is 7.34. The topological polar surface area (TPSA) is 35.5 Å². The highest BCUT2D eigenvalue weighted by atomic mass is 19.1. The number of esters is 1. The van der Waals surface area contributed by atoms with Crippen molar-refractivity contribution in [2.45, 2.75) is 59.1 Å². The minimum absolute atomic E-state index is 0.0804. The molecule has 0 unspecified atom stereocenters. The predicted molar refractivity (Wildman–Crippen MR) is 58.8 cm³/mol. The van der Waals surface area contributed by atoms with Crippen LogP contribution in [-0.2, 0) is 14.3 Å². The highest BCUT2D eigenvalue weighted by Gasteiger charge is 2.49. The average Bonchev–Trinajstić information content (AvgIpc) is 2.43. The van der Waals surface area contributed by atoms with Gasteiger partial charge in [0.15, 0.2) is 12.3 Å². The molecule has 4 heteroatoms. The van der Waals surface area contributed by atoms with Gasteiger partial charge in [-0.25, -0.2) is 4.39 Å². The zero-order chi connectivity index (χ0) is 12.5. The van der Waals surface area contributed by atoms with Crippen LogP contribution in [0, 0.1) is 11.8 Å². The third-order valence-electron chi connectivity index (χ3n) is 2.88. The number of hydrogen-bond acceptors (Lipinski definition) is 3. The Hall–Kier alpha value is -0.640. The highest BCUT2D eigenvalue weighted by Crippen LogP contribution is 2.34. The van der Waals surface area contributed by atoms with Crippen molar-refractivity contribution in [3.63, 3.8) is 0 Å². The molecule has 1 aliphatic rings. The first-order valence-electron chi connectivity index (χ1n) is 5.81. The lowest BCUT2D eigenvalue weighted by Gasteiger charge is -2.21. The molecule has 1 heterocycles. The van der Waals surface area contributed by atoms with Crippen LogP contribution in [0.5, 0.6) is 0 Å². The lowest BCUT2D eigenvalue weighted by Crippen LogP contribution is -2.36. The molecule has 0 aliphatic carbocycles. The van der Waals surface area contributed by atoms with Crippen LogP contribution in [-0.4, -0.2) is 30.5 Å². The van der Waals surface area contributed by atoms with Crippen molar-refractivity contribution in [2.75, 3.05) is 0 Å². The van der Waals surface area contributed by atoms with E-state index in [0.29, 0.717) is 0 Å². The number of hydrogen-bond donors (Lipinski definition) is 0. The summed E-state index contributed by atoms with van der Waals surface area (Å²) in [5, 5.41) is 0. The van der Waals surface area contributed by atoms with Crippen LogP contribution in [0.15, 0.2) is 0 Å². The van der Waals surface area contributed by atoms with Gasteiger partial charge in [-0.05, 0) is 11.8 Å². The summed E-state index contributed by atoms with van der Waals surface area (Å²) >= 11 is 0. The summed E-state index contributed by atoms with van der Waals surface area (Å²) in [6.45, 7) is 9.00. The Balaban J connectivity index is 2.80. The fraction of sp³-hybridized carbons (Fsp3) is 0.917. The Labute approximate surface area is 96.3 Å². The second kappa shape index (κ2) is 5.13. The number of carbonyl (C=O) groups excluding carboxylic acids is 1. The van der Waals surface area contributed by atoms with Crippen molar-refractivity contribution in [3.8, 4) is 0 Å². The number of rotatable bonds is 3. The number of alkyl halides is 1. The van der Waals surface area contributed by atoms with Gasteiger partial charge in [0.2, 0.25) is 0 Å². The van der Waals surface area contributed by atoms with Crippen LogP contribution < -0.4 is 0 Å². The lowest BCUT2D eigenvalue weighted by atomic mass is 9.96. The van der Waals surface area contributed by atoms with Gasteiger partial charge in [-0.15, -0.1) is 0 Å². The maximum absolute atomic E-state index is 14.1. The van der Waals surface area contributed by atoms with Gasteiger partial charge in [-0.3, -0.25) is 4.79 Å². The van der Waals surface area contributed by atoms with Crippen molar-refractivity contribution < 1.29 is 18.7 Å². The normalized spacial score (nSPS) is 34.8. The van der Waals surface area contributed by atoms with Crippen molar-refractivity contribution in [1.82, 2.24) is 0 Å². The third-order valence-corrected chi connectivity index (χ3v) is 2.88. The molecule has 1 aliphatic heterocycles. The molecule has 0 aromatic heterocycles. The molecule has 0 N–H and O–H groups in total. The molecule has 0 amide bonds. The molecule has 16 heavy (non-hydrogen) atoms. The zero-order valence-electron chi connectivity index (χ0n) is 10.6. The molecule has 0 aromatic rings. The zero-order valence-corrected chi connectivity index (χ0v) is 10.6. The Morgan fingerprint density at radius 3 is 2.06 bits per heavy atom. The molecule has 1 saturated heterocycles. The second-order valence-electron chi connectivity index (χ2n) is 5.07. The fourth-order valence-corrected chi connectivity index (χ4v) is 2.09. The van der Waals surface area contributed by atoms with Gasteiger partial charge < -0.3 is 9.47 Å². The van der Waals surface area contributed by atoms with Crippen LogP contribution in [0.1, 0.15) is 34.6 Å². The van der Waals surface area contributed by atoms with Crippen LogP contribution in [0.4, 0.5) is 4.39 Å². The van der Waals surface area contributed by atoms with Gasteiger partial charge in [0.05, 0.1) is 6.10 Å². The Morgan fingerprint density at radius 2 is 1.69 bits per heavy atom. The van der Waals surface area contributed by atoms with E-state index in [2.05, 4.69) is 0 Å². The van der Waals surface area contributed by atoms with Gasteiger partial charge in [0, 0.05) is 6.92 Å². The first kappa shape index (κ1) is 13.4. The molecular formula is C12H21FO3. The molecule has 0 spiro atoms. The van der Waals surface area contributed by atoms with Gasteiger partial charge in [-0.1, -0.05) is 27.7 Å². The van der Waals surface area contributed by atoms with E-state index in [0.717, 1.165) is 0 Å². The van der Waals surface area contributed by atoms with E-state index in [-0.39, 0.29) is 17.9 Å². The summed E-state index contributed by atoms with van der Waals surface area (Å²) in [5.74, 6) is -0.241. The molecule has 0 bridgehead atoms. The summed E-state index contributed by atoms with van der Waals surface area (Å²) in [6.07, 6.45) is -2.80. The molecule has 4 atom stereocenters. The van der Waals surface area contributed by atoms with Gasteiger partial charge in [0.1, 0.15) is 6.10 Å². The minimum Gasteiger partial charge on any atom is -0.457 e. The monoisotopic (exact) mass is 232 g/mol. The van der Waals surface area contributed by atoms with E-state index in [1.54, 1.807) is 0 Å². The summed E-state index contributed by atoms with van der Waals surface area (Å²) in [6, 6.07) is 0. The predicted octanol–water partition coefficient (Wildman–Crippen LogP) is 2.34. The maximum Gasteiger partial charge on any atom is 0.303 e. The molecule has 0 saturated carbocycles. The molecule has 0 aromatic carbocycles. The van der Waals surface area contributed by atoms with Gasteiger partial charge in [0.25, 0.3) is 0 Å². The van der Waals surface area contributed by atoms with Gasteiger partial charge >= 0.3 is 5.97 Å². The Morgan fingerprint density at radius 1 is 1.19 bits per heavy atom. The van der Waals surface area contributed by atoms with E-state index in [1.165, 1.54) is 6.92 Å². The number of carbonyl (C=O) groups is 1. The van der Waals surface area contributed by atoms with Crippen LogP contribution in [0.25, 0.3) is 0 Å². The SMILES string of the molecule is CC(=O)O[C@@H]1[C@@H](F)[C@@H](C(C)C)O[C@H]1C(C)C. The van der Waals surface area contributed by atoms with Gasteiger partial charge in [-0.2, -0.15) is 0 Å². The van der Waals surface area contributed by atoms with E-state index < -0.39 is 24.3 Å². The standard InChI is InChI=1S/C12H21FO3/c1-6(2)10-9(13)12(15-8(5)14)11(16-10)7(3)4/h6-7,9-12H,1-5H3/t9-,10+,11-,12+/m0/s1. The molecule has 1 fully saturated rings. The van der Waals surface area contributed by atoms with E-state index in [4.69, 9.17) is 9.47 Å². The molecule has 1 rings (SSSR count). The van der Waals surface area contributed by atoms with Crippen molar-refractivity contribution in [1.29, 1.82) is 0 Å². The fourth-order valence-electron chi connectivity index (χ4n) is 2.09. The molecular weight excluding hydrogens is 211 g/mol. The second-order valence-corrected chi connectivity index (χ2v) is 5.07. The van der Waals surface area contributed by atoms with Crippen LogP contribution >= 0.6 is 0 Å². The van der Waals surface area contributed by atoms with E-state index >= 15 is 0 Å². The Bertz CT molecular complexity index is 253. The summed E-state index contributed by atoms with van der Waals surface area (Å²) < 4.78 is 24.8. The minimum atomic E-state index is -1.23. The average molecular weight is 232 g/mol. The summed E-state index contributed by atoms with van der Waals surface area (Å²) in [4.78, 5) is 10.9. The van der Waals surface area contributed by atoms with Crippen molar-refractivity contribution in [2.24, 2.45) is 11.8 Å². The quantitative estimate of drug-likeness (QED) is 0.701. The maximum atomic E-state index is 14.1. The summed E-state index contributed by atoms with van der Waals surface area (Å²) in [5.41, 5.74) is 0. The molecule has 0 radical (unpaired) electrons. The van der Waals surface area contributed by atoms with E-state index in [9.17, 15) is 9.18 Å². The molecule has 3 nitrogen and oxygen atoms in total. The Kier molecular flexibility index (Phi) is 4.30. The van der Waals surface area contributed by atoms with Crippen molar-refractivity contribution in [3.05, 3.63) is 0 Å². The van der Waals surface area contributed by atoms with Crippen LogP contribution in [0.2, 0.25) is 0 Å². The first-order valence-corrected chi connectivity index (χ1v) is 5.81. The van der Waals surface area contributed by atoms with E-state index in [1.807, 2.05) is 27.7 Å². The van der Waals surface area contributed by atoms with Crippen molar-refractivity contribution >= 4 is 5.97 Å². The number of ether oxygens (including phenoxy) is 2.